The van der Waals surface area contributed by atoms with Crippen LogP contribution >= 0.6 is 11.3 Å². The Morgan fingerprint density at radius 2 is 1.81 bits per heavy atom. The van der Waals surface area contributed by atoms with Gasteiger partial charge < -0.3 is 25.7 Å². The molecular formula is C25H31N5O10S2. The normalized spacial score (nSPS) is 17.8. The minimum absolute atomic E-state index is 0.0429. The highest BCUT2D eigenvalue weighted by Crippen LogP contribution is 2.27. The lowest BCUT2D eigenvalue weighted by molar-refractivity contribution is -0.161. The van der Waals surface area contributed by atoms with Crippen molar-refractivity contribution in [2.45, 2.75) is 52.3 Å². The van der Waals surface area contributed by atoms with Gasteiger partial charge in [0.05, 0.1) is 24.8 Å². The Labute approximate surface area is 245 Å². The molecule has 1 aliphatic heterocycles. The second-order valence-electron chi connectivity index (χ2n) is 10.6. The number of aromatic nitrogens is 1. The first-order chi connectivity index (χ1) is 19.4. The quantitative estimate of drug-likeness (QED) is 0.124. The van der Waals surface area contributed by atoms with E-state index in [2.05, 4.69) is 15.5 Å². The summed E-state index contributed by atoms with van der Waals surface area (Å²) in [5.41, 5.74) is 2.71. The van der Waals surface area contributed by atoms with E-state index in [-0.39, 0.29) is 17.4 Å². The molecule has 2 atom stereocenters. The fourth-order valence-electron chi connectivity index (χ4n) is 3.35. The number of ether oxygens (including phenoxy) is 1. The number of carbonyl (C=O) groups is 4. The van der Waals surface area contributed by atoms with Crippen molar-refractivity contribution < 1.29 is 46.5 Å². The number of nitrogen functional groups attached to an aromatic ring is 1. The van der Waals surface area contributed by atoms with Gasteiger partial charge in [0.25, 0.3) is 11.8 Å². The SMILES string of the molecule is C[C@H]1[C@H](NC(=O)/C(=N/OC(C)(C)C(=O)O)c2csc(N)n2)C(=O)N1S(=O)(=O)OCC(C)(C)COC(=O)c1ccccc1. The number of nitrogens with one attached hydrogen (secondary N) is 1. The highest BCUT2D eigenvalue weighted by atomic mass is 32.2. The lowest BCUT2D eigenvalue weighted by Crippen LogP contribution is -2.71. The van der Waals surface area contributed by atoms with E-state index in [1.54, 1.807) is 44.2 Å². The standard InChI is InChI=1S/C25H31N5O10S2/c1-14-17(28-19(31)18(16-11-41-23(26)27-16)29-40-25(4,5)22(34)35)20(32)30(14)42(36,37)39-13-24(2,3)12-38-21(33)15-9-7-6-8-10-15/h6-11,14,17H,12-13H2,1-5H3,(H2,26,27)(H,28,31)(H,34,35)/b29-18+/t14-,17-/m0/s1. The molecule has 15 nitrogen and oxygen atoms in total. The van der Waals surface area contributed by atoms with Crippen molar-refractivity contribution in [3.05, 3.63) is 47.0 Å². The molecule has 2 aromatic rings. The summed E-state index contributed by atoms with van der Waals surface area (Å²) < 4.78 is 36.5. The van der Waals surface area contributed by atoms with Gasteiger partial charge in [-0.15, -0.1) is 11.3 Å². The van der Waals surface area contributed by atoms with Crippen LogP contribution in [-0.2, 0) is 38.4 Å². The van der Waals surface area contributed by atoms with Gasteiger partial charge in [0.2, 0.25) is 5.60 Å². The molecule has 42 heavy (non-hydrogen) atoms. The second-order valence-corrected chi connectivity index (χ2v) is 12.9. The summed E-state index contributed by atoms with van der Waals surface area (Å²) in [5, 5.41) is 16.7. The molecule has 1 saturated heterocycles. The van der Waals surface area contributed by atoms with Crippen LogP contribution in [0.4, 0.5) is 5.13 Å². The van der Waals surface area contributed by atoms with E-state index in [0.717, 1.165) is 11.3 Å². The number of rotatable bonds is 13. The van der Waals surface area contributed by atoms with Gasteiger partial charge in [-0.05, 0) is 32.9 Å². The first-order valence-electron chi connectivity index (χ1n) is 12.4. The smallest absolute Gasteiger partial charge is 0.365 e. The van der Waals surface area contributed by atoms with Crippen molar-refractivity contribution in [2.75, 3.05) is 18.9 Å². The van der Waals surface area contributed by atoms with E-state index in [0.29, 0.717) is 9.87 Å². The molecule has 2 amide bonds. The molecule has 0 bridgehead atoms. The molecule has 0 radical (unpaired) electrons. The molecule has 228 valence electrons. The minimum Gasteiger partial charge on any atom is -0.478 e. The Bertz CT molecular complexity index is 1490. The van der Waals surface area contributed by atoms with Crippen LogP contribution in [0.1, 0.15) is 50.7 Å². The summed E-state index contributed by atoms with van der Waals surface area (Å²) in [6.45, 7) is 6.45. The number of oxime groups is 1. The number of carbonyl (C=O) groups excluding carboxylic acids is 3. The molecule has 2 heterocycles. The third-order valence-electron chi connectivity index (χ3n) is 5.92. The summed E-state index contributed by atoms with van der Waals surface area (Å²) in [7, 11) is -4.58. The molecule has 4 N–H and O–H groups in total. The Hall–Kier alpha value is -4.09. The van der Waals surface area contributed by atoms with Crippen LogP contribution in [0.2, 0.25) is 0 Å². The van der Waals surface area contributed by atoms with Crippen molar-refractivity contribution >= 4 is 56.2 Å². The molecule has 17 heteroatoms. The maximum absolute atomic E-state index is 13.0. The van der Waals surface area contributed by atoms with E-state index >= 15 is 0 Å². The average Bonchev–Trinajstić information content (AvgIpc) is 3.35. The van der Waals surface area contributed by atoms with Crippen LogP contribution in [0.3, 0.4) is 0 Å². The largest absolute Gasteiger partial charge is 0.478 e. The fourth-order valence-corrected chi connectivity index (χ4v) is 5.35. The Kier molecular flexibility index (Phi) is 9.59. The van der Waals surface area contributed by atoms with E-state index < -0.39 is 69.5 Å². The molecule has 1 aliphatic rings. The number of esters is 1. The monoisotopic (exact) mass is 625 g/mol. The molecule has 0 saturated carbocycles. The number of carboxylic acids is 1. The number of nitrogens with two attached hydrogens (primary N) is 1. The Morgan fingerprint density at radius 1 is 1.17 bits per heavy atom. The van der Waals surface area contributed by atoms with Crippen molar-refractivity contribution in [2.24, 2.45) is 10.6 Å². The predicted molar refractivity (Wildman–Crippen MR) is 149 cm³/mol. The van der Waals surface area contributed by atoms with Crippen LogP contribution < -0.4 is 11.1 Å². The lowest BCUT2D eigenvalue weighted by atomic mass is 9.96. The van der Waals surface area contributed by atoms with Crippen LogP contribution in [0.15, 0.2) is 40.9 Å². The zero-order valence-electron chi connectivity index (χ0n) is 23.4. The van der Waals surface area contributed by atoms with Crippen LogP contribution in [0.25, 0.3) is 0 Å². The number of anilines is 1. The second kappa shape index (κ2) is 12.4. The number of nitrogens with zero attached hydrogens (tertiary/aromatic N) is 3. The highest BCUT2D eigenvalue weighted by Gasteiger charge is 2.53. The van der Waals surface area contributed by atoms with Gasteiger partial charge >= 0.3 is 22.2 Å². The number of hydrogen-bond acceptors (Lipinski definition) is 13. The first kappa shape index (κ1) is 32.4. The molecule has 0 spiro atoms. The third-order valence-corrected chi connectivity index (χ3v) is 8.01. The van der Waals surface area contributed by atoms with Gasteiger partial charge in [-0.25, -0.2) is 18.9 Å². The number of hydrogen-bond donors (Lipinski definition) is 3. The van der Waals surface area contributed by atoms with Gasteiger partial charge in [-0.2, -0.15) is 8.42 Å². The number of amides is 2. The number of carboxylic acid groups (broad SMARTS) is 1. The van der Waals surface area contributed by atoms with Gasteiger partial charge in [0, 0.05) is 10.8 Å². The zero-order chi connectivity index (χ0) is 31.5. The van der Waals surface area contributed by atoms with Crippen molar-refractivity contribution in [3.8, 4) is 0 Å². The fraction of sp³-hybridized carbons (Fsp3) is 0.440. The molecule has 0 unspecified atom stereocenters. The van der Waals surface area contributed by atoms with E-state index in [9.17, 15) is 32.7 Å². The number of thiazole rings is 1. The van der Waals surface area contributed by atoms with E-state index in [4.69, 9.17) is 19.5 Å². The topological polar surface area (TPSA) is 217 Å². The van der Waals surface area contributed by atoms with Crippen molar-refractivity contribution in [3.63, 3.8) is 0 Å². The molecule has 1 fully saturated rings. The summed E-state index contributed by atoms with van der Waals surface area (Å²) in [4.78, 5) is 58.4. The summed E-state index contributed by atoms with van der Waals surface area (Å²) >= 11 is 0.980. The number of β-lactam (4-membered cyclic amide) rings is 1. The first-order valence-corrected chi connectivity index (χ1v) is 14.7. The number of benzene rings is 1. The van der Waals surface area contributed by atoms with Gasteiger partial charge in [0.15, 0.2) is 10.8 Å². The molecule has 3 rings (SSSR count). The minimum atomic E-state index is -4.58. The third kappa shape index (κ3) is 7.59. The summed E-state index contributed by atoms with van der Waals surface area (Å²) in [5.74, 6) is -3.90. The zero-order valence-corrected chi connectivity index (χ0v) is 25.0. The molecule has 0 aliphatic carbocycles. The Morgan fingerprint density at radius 3 is 2.36 bits per heavy atom. The van der Waals surface area contributed by atoms with Gasteiger partial charge in [-0.1, -0.05) is 37.2 Å². The highest BCUT2D eigenvalue weighted by molar-refractivity contribution is 7.85. The van der Waals surface area contributed by atoms with Crippen LogP contribution in [0, 0.1) is 5.41 Å². The van der Waals surface area contributed by atoms with Gasteiger partial charge in [0.1, 0.15) is 11.7 Å². The maximum atomic E-state index is 13.0. The lowest BCUT2D eigenvalue weighted by Gasteiger charge is -2.43. The molecule has 1 aromatic heterocycles. The molecular weight excluding hydrogens is 594 g/mol. The average molecular weight is 626 g/mol. The molecule has 1 aromatic carbocycles. The van der Waals surface area contributed by atoms with E-state index in [1.165, 1.54) is 26.2 Å². The summed E-state index contributed by atoms with van der Waals surface area (Å²) in [6.07, 6.45) is 0. The van der Waals surface area contributed by atoms with Crippen LogP contribution in [0.5, 0.6) is 0 Å². The van der Waals surface area contributed by atoms with E-state index in [1.807, 2.05) is 0 Å². The van der Waals surface area contributed by atoms with Gasteiger partial charge in [-0.3, -0.25) is 13.8 Å². The maximum Gasteiger partial charge on any atom is 0.365 e. The Balaban J connectivity index is 1.63. The predicted octanol–water partition coefficient (Wildman–Crippen LogP) is 1.17. The summed E-state index contributed by atoms with van der Waals surface area (Å²) in [6, 6.07) is 5.91. The van der Waals surface area contributed by atoms with Crippen molar-refractivity contribution in [1.29, 1.82) is 0 Å². The van der Waals surface area contributed by atoms with Crippen LogP contribution in [-0.4, -0.2) is 83.2 Å². The van der Waals surface area contributed by atoms with Crippen molar-refractivity contribution in [1.82, 2.24) is 14.6 Å². The number of aliphatic carboxylic acids is 1.